The summed E-state index contributed by atoms with van der Waals surface area (Å²) in [6, 6.07) is 9.91. The maximum absolute atomic E-state index is 5.33. The molecule has 0 aliphatic rings. The van der Waals surface area contributed by atoms with Crippen molar-refractivity contribution in [2.75, 3.05) is 13.7 Å². The van der Waals surface area contributed by atoms with Gasteiger partial charge in [0.05, 0.1) is 25.0 Å². The van der Waals surface area contributed by atoms with Gasteiger partial charge in [-0.25, -0.2) is 0 Å². The van der Waals surface area contributed by atoms with Crippen LogP contribution in [0.4, 0.5) is 0 Å². The molecule has 1 aromatic carbocycles. The van der Waals surface area contributed by atoms with Gasteiger partial charge in [-0.2, -0.15) is 10.2 Å². The van der Waals surface area contributed by atoms with E-state index in [0.29, 0.717) is 17.9 Å². The van der Waals surface area contributed by atoms with E-state index in [0.717, 1.165) is 17.1 Å². The molecule has 7 heteroatoms. The first-order chi connectivity index (χ1) is 10.3. The number of aromatic nitrogens is 5. The summed E-state index contributed by atoms with van der Waals surface area (Å²) in [5, 5.41) is 11.5. The third-order valence-corrected chi connectivity index (χ3v) is 3.38. The van der Waals surface area contributed by atoms with E-state index in [1.807, 2.05) is 45.8 Å². The van der Waals surface area contributed by atoms with Gasteiger partial charge >= 0.3 is 0 Å². The van der Waals surface area contributed by atoms with Crippen LogP contribution in [0.2, 0.25) is 0 Å². The van der Waals surface area contributed by atoms with Crippen LogP contribution in [0.25, 0.3) is 17.1 Å². The van der Waals surface area contributed by atoms with Crippen LogP contribution < -0.4 is 0 Å². The number of methoxy groups -OCH3 is 1. The molecule has 2 aromatic heterocycles. The van der Waals surface area contributed by atoms with E-state index < -0.39 is 0 Å². The van der Waals surface area contributed by atoms with E-state index in [2.05, 4.69) is 15.3 Å². The van der Waals surface area contributed by atoms with Crippen molar-refractivity contribution in [2.24, 2.45) is 0 Å². The number of aromatic amines is 1. The quantitative estimate of drug-likeness (QED) is 0.735. The van der Waals surface area contributed by atoms with Crippen LogP contribution >= 0.6 is 12.2 Å². The maximum atomic E-state index is 5.33. The first-order valence-electron chi connectivity index (χ1n) is 6.54. The van der Waals surface area contributed by atoms with Crippen LogP contribution in [0, 0.1) is 4.77 Å². The lowest BCUT2D eigenvalue weighted by Gasteiger charge is -2.03. The molecule has 3 aromatic rings. The second-order valence-corrected chi connectivity index (χ2v) is 4.89. The molecule has 0 aliphatic heterocycles. The Morgan fingerprint density at radius 3 is 2.86 bits per heavy atom. The smallest absolute Gasteiger partial charge is 0.200 e. The molecule has 0 amide bonds. The molecular weight excluding hydrogens is 286 g/mol. The van der Waals surface area contributed by atoms with Crippen LogP contribution in [0.3, 0.4) is 0 Å². The number of H-pyrrole nitrogens is 1. The van der Waals surface area contributed by atoms with Gasteiger partial charge in [0.15, 0.2) is 10.6 Å². The van der Waals surface area contributed by atoms with Crippen molar-refractivity contribution in [2.45, 2.75) is 6.54 Å². The highest BCUT2D eigenvalue weighted by Crippen LogP contribution is 2.20. The molecule has 0 saturated carbocycles. The minimum atomic E-state index is 0.542. The topological polar surface area (TPSA) is 60.7 Å². The van der Waals surface area contributed by atoms with E-state index in [9.17, 15) is 0 Å². The third-order valence-electron chi connectivity index (χ3n) is 3.11. The van der Waals surface area contributed by atoms with Gasteiger partial charge in [0.1, 0.15) is 0 Å². The Kier molecular flexibility index (Phi) is 3.94. The van der Waals surface area contributed by atoms with Gasteiger partial charge in [0.25, 0.3) is 0 Å². The number of nitrogens with one attached hydrogen (secondary N) is 1. The minimum absolute atomic E-state index is 0.542. The van der Waals surface area contributed by atoms with Crippen LogP contribution in [0.15, 0.2) is 42.7 Å². The summed E-state index contributed by atoms with van der Waals surface area (Å²) in [5.41, 5.74) is 1.87. The van der Waals surface area contributed by atoms with Crippen molar-refractivity contribution >= 4 is 12.2 Å². The van der Waals surface area contributed by atoms with Crippen LogP contribution in [0.5, 0.6) is 0 Å². The number of rotatable bonds is 5. The summed E-state index contributed by atoms with van der Waals surface area (Å²) in [6.07, 6.45) is 3.70. The second kappa shape index (κ2) is 6.02. The van der Waals surface area contributed by atoms with Gasteiger partial charge in [0, 0.05) is 18.9 Å². The van der Waals surface area contributed by atoms with Gasteiger partial charge in [-0.05, 0) is 12.2 Å². The molecule has 0 radical (unpaired) electrons. The molecule has 0 atom stereocenters. The summed E-state index contributed by atoms with van der Waals surface area (Å²) in [6.45, 7) is 1.31. The lowest BCUT2D eigenvalue weighted by Crippen LogP contribution is -2.04. The molecule has 2 heterocycles. The predicted octanol–water partition coefficient (Wildman–Crippen LogP) is 2.44. The van der Waals surface area contributed by atoms with E-state index >= 15 is 0 Å². The van der Waals surface area contributed by atoms with Gasteiger partial charge < -0.3 is 4.74 Å². The highest BCUT2D eigenvalue weighted by atomic mass is 32.1. The Morgan fingerprint density at radius 2 is 2.10 bits per heavy atom. The largest absolute Gasteiger partial charge is 0.383 e. The van der Waals surface area contributed by atoms with Crippen LogP contribution in [0.1, 0.15) is 0 Å². The molecule has 0 unspecified atom stereocenters. The molecule has 0 spiro atoms. The number of nitrogens with zero attached hydrogens (tertiary/aromatic N) is 4. The molecule has 6 nitrogen and oxygen atoms in total. The Bertz CT molecular complexity index is 774. The molecular formula is C14H15N5OS. The average Bonchev–Trinajstić information content (AvgIpc) is 3.12. The van der Waals surface area contributed by atoms with Gasteiger partial charge in [-0.3, -0.25) is 14.3 Å². The van der Waals surface area contributed by atoms with E-state index in [4.69, 9.17) is 17.0 Å². The first kappa shape index (κ1) is 13.7. The van der Waals surface area contributed by atoms with E-state index in [1.54, 1.807) is 13.3 Å². The van der Waals surface area contributed by atoms with Crippen molar-refractivity contribution < 1.29 is 4.74 Å². The lowest BCUT2D eigenvalue weighted by molar-refractivity contribution is 0.183. The third kappa shape index (κ3) is 2.79. The normalized spacial score (nSPS) is 10.9. The summed E-state index contributed by atoms with van der Waals surface area (Å²) in [5.74, 6) is 0.770. The Labute approximate surface area is 127 Å². The zero-order valence-electron chi connectivity index (χ0n) is 11.6. The van der Waals surface area contributed by atoms with Crippen molar-refractivity contribution in [3.05, 3.63) is 47.5 Å². The lowest BCUT2D eigenvalue weighted by atomic mass is 10.2. The maximum Gasteiger partial charge on any atom is 0.200 e. The Morgan fingerprint density at radius 1 is 1.29 bits per heavy atom. The monoisotopic (exact) mass is 301 g/mol. The molecule has 108 valence electrons. The fourth-order valence-corrected chi connectivity index (χ4v) is 2.33. The molecule has 0 aliphatic carbocycles. The highest BCUT2D eigenvalue weighted by Gasteiger charge is 2.11. The van der Waals surface area contributed by atoms with Crippen molar-refractivity contribution in [3.63, 3.8) is 0 Å². The number of hydrogen-bond donors (Lipinski definition) is 1. The Balaban J connectivity index is 2.01. The number of ether oxygens (including phenoxy) is 1. The summed E-state index contributed by atoms with van der Waals surface area (Å²) < 4.78 is 9.30. The predicted molar refractivity (Wildman–Crippen MR) is 81.8 cm³/mol. The number of benzene rings is 1. The van der Waals surface area contributed by atoms with Crippen molar-refractivity contribution in [1.29, 1.82) is 0 Å². The molecule has 21 heavy (non-hydrogen) atoms. The summed E-state index contributed by atoms with van der Waals surface area (Å²) in [4.78, 5) is 0. The molecule has 3 rings (SSSR count). The molecule has 0 bridgehead atoms. The minimum Gasteiger partial charge on any atom is -0.383 e. The molecule has 1 N–H and O–H groups in total. The fraction of sp³-hybridized carbons (Fsp3) is 0.214. The average molecular weight is 301 g/mol. The van der Waals surface area contributed by atoms with Gasteiger partial charge in [-0.15, -0.1) is 0 Å². The van der Waals surface area contributed by atoms with Crippen LogP contribution in [-0.2, 0) is 11.3 Å². The first-order valence-corrected chi connectivity index (χ1v) is 6.95. The molecule has 0 saturated heterocycles. The van der Waals surface area contributed by atoms with Crippen molar-refractivity contribution in [3.8, 4) is 17.1 Å². The second-order valence-electron chi connectivity index (χ2n) is 4.51. The zero-order chi connectivity index (χ0) is 14.7. The SMILES string of the molecule is COCCn1cc(-n2c(-c3ccccc3)n[nH]c2=S)cn1. The number of hydrogen-bond acceptors (Lipinski definition) is 4. The van der Waals surface area contributed by atoms with Gasteiger partial charge in [0.2, 0.25) is 0 Å². The zero-order valence-corrected chi connectivity index (χ0v) is 12.4. The Hall–Kier alpha value is -2.25. The van der Waals surface area contributed by atoms with Crippen molar-refractivity contribution in [1.82, 2.24) is 24.5 Å². The van der Waals surface area contributed by atoms with E-state index in [-0.39, 0.29) is 0 Å². The standard InChI is InChI=1S/C14H15N5OS/c1-20-8-7-18-10-12(9-15-18)19-13(16-17-14(19)21)11-5-3-2-4-6-11/h2-6,9-10H,7-8H2,1H3,(H,17,21). The van der Waals surface area contributed by atoms with E-state index in [1.165, 1.54) is 0 Å². The fourth-order valence-electron chi connectivity index (χ4n) is 2.09. The highest BCUT2D eigenvalue weighted by molar-refractivity contribution is 7.71. The summed E-state index contributed by atoms with van der Waals surface area (Å²) >= 11 is 5.33. The van der Waals surface area contributed by atoms with Crippen LogP contribution in [-0.4, -0.2) is 38.3 Å². The summed E-state index contributed by atoms with van der Waals surface area (Å²) in [7, 11) is 1.67. The van der Waals surface area contributed by atoms with Gasteiger partial charge in [-0.1, -0.05) is 30.3 Å². The molecule has 0 fully saturated rings.